The Morgan fingerprint density at radius 1 is 1.05 bits per heavy atom. The molecule has 0 spiro atoms. The fourth-order valence-corrected chi connectivity index (χ4v) is 2.88. The summed E-state index contributed by atoms with van der Waals surface area (Å²) < 4.78 is 0. The average molecular weight is 310 g/mol. The van der Waals surface area contributed by atoms with Crippen LogP contribution in [0.3, 0.4) is 0 Å². The third-order valence-electron chi connectivity index (χ3n) is 3.38. The molecule has 0 fully saturated rings. The molecule has 0 aliphatic heterocycles. The molecule has 2 heterocycles. The number of nitrogens with one attached hydrogen (secondary N) is 1. The van der Waals surface area contributed by atoms with Crippen LogP contribution in [0.1, 0.15) is 17.5 Å². The van der Waals surface area contributed by atoms with Gasteiger partial charge in [-0.2, -0.15) is 0 Å². The standard InChI is InChI=1S/C17H18N4S/c1-13-4-6-15(7-5-13)16-19-17(21-20-16)22-12-2-3-14-8-10-18-11-9-14/h4-11H,2-3,12H2,1H3,(H,19,20,21). The van der Waals surface area contributed by atoms with Gasteiger partial charge in [-0.25, -0.2) is 4.98 Å². The number of aromatic amines is 1. The molecule has 0 radical (unpaired) electrons. The van der Waals surface area contributed by atoms with E-state index in [-0.39, 0.29) is 0 Å². The molecule has 3 rings (SSSR count). The van der Waals surface area contributed by atoms with Gasteiger partial charge in [-0.3, -0.25) is 10.1 Å². The number of rotatable bonds is 6. The molecule has 0 atom stereocenters. The van der Waals surface area contributed by atoms with Gasteiger partial charge in [-0.1, -0.05) is 41.6 Å². The zero-order valence-corrected chi connectivity index (χ0v) is 13.3. The zero-order chi connectivity index (χ0) is 15.2. The molecular weight excluding hydrogens is 292 g/mol. The molecular formula is C17H18N4S. The van der Waals surface area contributed by atoms with Gasteiger partial charge in [0.25, 0.3) is 0 Å². The van der Waals surface area contributed by atoms with Crippen LogP contribution in [0.25, 0.3) is 11.4 Å². The predicted octanol–water partition coefficient (Wildman–Crippen LogP) is 3.90. The first-order valence-corrected chi connectivity index (χ1v) is 8.31. The highest BCUT2D eigenvalue weighted by Gasteiger charge is 2.05. The summed E-state index contributed by atoms with van der Waals surface area (Å²) in [7, 11) is 0. The number of pyridine rings is 1. The maximum absolute atomic E-state index is 4.54. The van der Waals surface area contributed by atoms with Crippen molar-refractivity contribution in [2.24, 2.45) is 0 Å². The minimum Gasteiger partial charge on any atom is -0.265 e. The lowest BCUT2D eigenvalue weighted by atomic mass is 10.1. The number of hydrogen-bond donors (Lipinski definition) is 1. The Hall–Kier alpha value is -2.14. The van der Waals surface area contributed by atoms with Crippen LogP contribution in [0.15, 0.2) is 53.9 Å². The summed E-state index contributed by atoms with van der Waals surface area (Å²) in [5, 5.41) is 8.10. The number of benzene rings is 1. The summed E-state index contributed by atoms with van der Waals surface area (Å²) in [4.78, 5) is 8.57. The monoisotopic (exact) mass is 310 g/mol. The molecule has 0 aliphatic carbocycles. The van der Waals surface area contributed by atoms with E-state index in [2.05, 4.69) is 63.5 Å². The van der Waals surface area contributed by atoms with Gasteiger partial charge in [0.05, 0.1) is 0 Å². The molecule has 0 aliphatic rings. The summed E-state index contributed by atoms with van der Waals surface area (Å²) in [5.41, 5.74) is 3.64. The minimum absolute atomic E-state index is 0.810. The van der Waals surface area contributed by atoms with Gasteiger partial charge in [0.15, 0.2) is 5.82 Å². The summed E-state index contributed by atoms with van der Waals surface area (Å²) in [6.45, 7) is 2.08. The van der Waals surface area contributed by atoms with Crippen LogP contribution >= 0.6 is 11.8 Å². The van der Waals surface area contributed by atoms with Crippen molar-refractivity contribution in [2.75, 3.05) is 5.75 Å². The van der Waals surface area contributed by atoms with E-state index >= 15 is 0 Å². The van der Waals surface area contributed by atoms with Crippen molar-refractivity contribution >= 4 is 11.8 Å². The maximum Gasteiger partial charge on any atom is 0.208 e. The van der Waals surface area contributed by atoms with Crippen LogP contribution in [-0.2, 0) is 6.42 Å². The lowest BCUT2D eigenvalue weighted by Gasteiger charge is -1.99. The largest absolute Gasteiger partial charge is 0.265 e. The minimum atomic E-state index is 0.810. The van der Waals surface area contributed by atoms with Gasteiger partial charge < -0.3 is 0 Å². The van der Waals surface area contributed by atoms with E-state index < -0.39 is 0 Å². The number of aromatic nitrogens is 4. The lowest BCUT2D eigenvalue weighted by molar-refractivity contribution is 0.918. The van der Waals surface area contributed by atoms with E-state index in [1.54, 1.807) is 11.8 Å². The van der Waals surface area contributed by atoms with Crippen molar-refractivity contribution < 1.29 is 0 Å². The normalized spacial score (nSPS) is 10.8. The highest BCUT2D eigenvalue weighted by atomic mass is 32.2. The molecule has 0 saturated carbocycles. The fraction of sp³-hybridized carbons (Fsp3) is 0.235. The van der Waals surface area contributed by atoms with Crippen LogP contribution in [0.2, 0.25) is 0 Å². The van der Waals surface area contributed by atoms with Crippen molar-refractivity contribution in [3.8, 4) is 11.4 Å². The Kier molecular flexibility index (Phi) is 4.85. The molecule has 0 amide bonds. The molecule has 1 N–H and O–H groups in total. The molecule has 2 aromatic heterocycles. The van der Waals surface area contributed by atoms with E-state index in [0.717, 1.165) is 35.1 Å². The van der Waals surface area contributed by atoms with Gasteiger partial charge >= 0.3 is 0 Å². The van der Waals surface area contributed by atoms with E-state index in [4.69, 9.17) is 0 Å². The molecule has 3 aromatic rings. The summed E-state index contributed by atoms with van der Waals surface area (Å²) >= 11 is 1.69. The SMILES string of the molecule is Cc1ccc(-c2nc(SCCCc3ccncc3)n[nH]2)cc1. The van der Waals surface area contributed by atoms with Crippen molar-refractivity contribution in [3.63, 3.8) is 0 Å². The molecule has 0 unspecified atom stereocenters. The Morgan fingerprint density at radius 3 is 2.59 bits per heavy atom. The van der Waals surface area contributed by atoms with E-state index in [0.29, 0.717) is 0 Å². The van der Waals surface area contributed by atoms with Crippen molar-refractivity contribution in [2.45, 2.75) is 24.9 Å². The Bertz CT molecular complexity index is 707. The molecule has 0 bridgehead atoms. The van der Waals surface area contributed by atoms with Crippen LogP contribution in [-0.4, -0.2) is 25.9 Å². The summed E-state index contributed by atoms with van der Waals surface area (Å²) in [6.07, 6.45) is 5.84. The second-order valence-electron chi connectivity index (χ2n) is 5.14. The Balaban J connectivity index is 1.50. The molecule has 0 saturated heterocycles. The van der Waals surface area contributed by atoms with Gasteiger partial charge in [0.2, 0.25) is 5.16 Å². The average Bonchev–Trinajstić information content (AvgIpc) is 3.02. The van der Waals surface area contributed by atoms with E-state index in [1.807, 2.05) is 12.4 Å². The van der Waals surface area contributed by atoms with Gasteiger partial charge in [0.1, 0.15) is 0 Å². The summed E-state index contributed by atoms with van der Waals surface area (Å²) in [6, 6.07) is 12.4. The Labute approximate surface area is 134 Å². The number of nitrogens with zero attached hydrogens (tertiary/aromatic N) is 3. The van der Waals surface area contributed by atoms with Crippen LogP contribution < -0.4 is 0 Å². The second kappa shape index (κ2) is 7.22. The van der Waals surface area contributed by atoms with Crippen LogP contribution in [0.5, 0.6) is 0 Å². The first-order chi connectivity index (χ1) is 10.8. The van der Waals surface area contributed by atoms with Gasteiger partial charge in [-0.15, -0.1) is 5.10 Å². The molecule has 22 heavy (non-hydrogen) atoms. The third kappa shape index (κ3) is 3.95. The smallest absolute Gasteiger partial charge is 0.208 e. The molecule has 5 heteroatoms. The number of H-pyrrole nitrogens is 1. The fourth-order valence-electron chi connectivity index (χ4n) is 2.14. The lowest BCUT2D eigenvalue weighted by Crippen LogP contribution is -1.88. The van der Waals surface area contributed by atoms with E-state index in [1.165, 1.54) is 11.1 Å². The van der Waals surface area contributed by atoms with Crippen molar-refractivity contribution in [3.05, 3.63) is 59.9 Å². The van der Waals surface area contributed by atoms with E-state index in [9.17, 15) is 0 Å². The van der Waals surface area contributed by atoms with Crippen LogP contribution in [0.4, 0.5) is 0 Å². The topological polar surface area (TPSA) is 54.5 Å². The molecule has 4 nitrogen and oxygen atoms in total. The first kappa shape index (κ1) is 14.8. The molecule has 1 aromatic carbocycles. The maximum atomic E-state index is 4.54. The number of aryl methyl sites for hydroxylation is 2. The highest BCUT2D eigenvalue weighted by Crippen LogP contribution is 2.20. The van der Waals surface area contributed by atoms with Gasteiger partial charge in [-0.05, 0) is 37.5 Å². The van der Waals surface area contributed by atoms with Crippen molar-refractivity contribution in [1.82, 2.24) is 20.2 Å². The second-order valence-corrected chi connectivity index (χ2v) is 6.20. The molecule has 112 valence electrons. The third-order valence-corrected chi connectivity index (χ3v) is 4.31. The van der Waals surface area contributed by atoms with Crippen molar-refractivity contribution in [1.29, 1.82) is 0 Å². The van der Waals surface area contributed by atoms with Crippen LogP contribution in [0, 0.1) is 6.92 Å². The first-order valence-electron chi connectivity index (χ1n) is 7.32. The summed E-state index contributed by atoms with van der Waals surface area (Å²) in [5.74, 6) is 1.84. The zero-order valence-electron chi connectivity index (χ0n) is 12.5. The predicted molar refractivity (Wildman–Crippen MR) is 89.8 cm³/mol. The number of thioether (sulfide) groups is 1. The number of hydrogen-bond acceptors (Lipinski definition) is 4. The Morgan fingerprint density at radius 2 is 1.82 bits per heavy atom. The van der Waals surface area contributed by atoms with Gasteiger partial charge in [0, 0.05) is 23.7 Å². The quantitative estimate of drug-likeness (QED) is 0.554. The highest BCUT2D eigenvalue weighted by molar-refractivity contribution is 7.99.